The predicted octanol–water partition coefficient (Wildman–Crippen LogP) is 2.13. The van der Waals surface area contributed by atoms with Crippen molar-refractivity contribution in [3.8, 4) is 11.1 Å². The van der Waals surface area contributed by atoms with Crippen molar-refractivity contribution in [2.75, 3.05) is 19.1 Å². The molecule has 110 valence electrons. The van der Waals surface area contributed by atoms with Gasteiger partial charge in [-0.15, -0.1) is 0 Å². The van der Waals surface area contributed by atoms with E-state index in [0.29, 0.717) is 5.56 Å². The normalized spacial score (nSPS) is 11.1. The number of benzene rings is 2. The number of carbonyl (C=O) groups is 1. The molecule has 0 radical (unpaired) electrons. The summed E-state index contributed by atoms with van der Waals surface area (Å²) < 4.78 is 28.3. The predicted molar refractivity (Wildman–Crippen MR) is 80.7 cm³/mol. The molecule has 0 aliphatic heterocycles. The van der Waals surface area contributed by atoms with Gasteiger partial charge in [-0.1, -0.05) is 30.3 Å². The quantitative estimate of drug-likeness (QED) is 0.693. The maximum atomic E-state index is 11.8. The lowest BCUT2D eigenvalue weighted by molar-refractivity contribution is 0.0596. The Morgan fingerprint density at radius 1 is 1.14 bits per heavy atom. The van der Waals surface area contributed by atoms with Crippen molar-refractivity contribution in [1.82, 2.24) is 0 Å². The van der Waals surface area contributed by atoms with Crippen molar-refractivity contribution in [3.05, 3.63) is 48.0 Å². The van der Waals surface area contributed by atoms with Crippen LogP contribution in [0.15, 0.2) is 47.4 Å². The van der Waals surface area contributed by atoms with Gasteiger partial charge in [0.05, 0.1) is 17.6 Å². The van der Waals surface area contributed by atoms with Crippen LogP contribution >= 0.6 is 0 Å². The number of sulfone groups is 1. The lowest BCUT2D eigenvalue weighted by Crippen LogP contribution is -2.11. The van der Waals surface area contributed by atoms with E-state index in [1.54, 1.807) is 0 Å². The Morgan fingerprint density at radius 3 is 2.29 bits per heavy atom. The molecule has 5 nitrogen and oxygen atoms in total. The highest BCUT2D eigenvalue weighted by Crippen LogP contribution is 2.31. The van der Waals surface area contributed by atoms with Crippen LogP contribution in [0.4, 0.5) is 5.69 Å². The van der Waals surface area contributed by atoms with E-state index in [1.165, 1.54) is 19.2 Å². The molecule has 0 spiro atoms. The smallest absolute Gasteiger partial charge is 0.339 e. The Kier molecular flexibility index (Phi) is 3.99. The SMILES string of the molecule is COC(=O)c1cc(-c2ccccc2)c(N)cc1S(C)(=O)=O. The van der Waals surface area contributed by atoms with Gasteiger partial charge in [0.15, 0.2) is 9.84 Å². The Hall–Kier alpha value is -2.34. The van der Waals surface area contributed by atoms with Crippen LogP contribution in [0.25, 0.3) is 11.1 Å². The highest BCUT2D eigenvalue weighted by Gasteiger charge is 2.22. The van der Waals surface area contributed by atoms with Crippen molar-refractivity contribution in [2.45, 2.75) is 4.90 Å². The number of rotatable bonds is 3. The van der Waals surface area contributed by atoms with E-state index in [2.05, 4.69) is 4.74 Å². The number of nitrogens with two attached hydrogens (primary N) is 1. The Bertz CT molecular complexity index is 783. The lowest BCUT2D eigenvalue weighted by Gasteiger charge is -2.12. The molecule has 2 aromatic carbocycles. The third-order valence-corrected chi connectivity index (χ3v) is 4.18. The molecule has 0 saturated heterocycles. The van der Waals surface area contributed by atoms with E-state index >= 15 is 0 Å². The largest absolute Gasteiger partial charge is 0.465 e. The topological polar surface area (TPSA) is 86.5 Å². The molecular formula is C15H15NO4S. The van der Waals surface area contributed by atoms with Crippen LogP contribution in [-0.2, 0) is 14.6 Å². The summed E-state index contributed by atoms with van der Waals surface area (Å²) in [6, 6.07) is 11.9. The fourth-order valence-electron chi connectivity index (χ4n) is 2.04. The van der Waals surface area contributed by atoms with E-state index < -0.39 is 15.8 Å². The zero-order chi connectivity index (χ0) is 15.6. The van der Waals surface area contributed by atoms with Crippen molar-refractivity contribution in [2.24, 2.45) is 0 Å². The number of carbonyl (C=O) groups excluding carboxylic acids is 1. The lowest BCUT2D eigenvalue weighted by atomic mass is 10.0. The standard InChI is InChI=1S/C15H15NO4S/c1-20-15(17)12-8-11(10-6-4-3-5-7-10)13(16)9-14(12)21(2,18)19/h3-9H,16H2,1-2H3. The maximum Gasteiger partial charge on any atom is 0.339 e. The summed E-state index contributed by atoms with van der Waals surface area (Å²) in [4.78, 5) is 11.7. The Balaban J connectivity index is 2.75. The van der Waals surface area contributed by atoms with Gasteiger partial charge < -0.3 is 10.5 Å². The summed E-state index contributed by atoms with van der Waals surface area (Å²) in [6.45, 7) is 0. The molecule has 2 N–H and O–H groups in total. The van der Waals surface area contributed by atoms with E-state index in [9.17, 15) is 13.2 Å². The molecule has 2 rings (SSSR count). The molecule has 0 heterocycles. The molecule has 0 aromatic heterocycles. The van der Waals surface area contributed by atoms with Crippen molar-refractivity contribution < 1.29 is 17.9 Å². The Morgan fingerprint density at radius 2 is 1.76 bits per heavy atom. The first kappa shape index (κ1) is 15.1. The van der Waals surface area contributed by atoms with Gasteiger partial charge in [-0.3, -0.25) is 0 Å². The molecule has 0 bridgehead atoms. The number of ether oxygens (including phenoxy) is 1. The minimum Gasteiger partial charge on any atom is -0.465 e. The van der Waals surface area contributed by atoms with Gasteiger partial charge in [0, 0.05) is 17.5 Å². The van der Waals surface area contributed by atoms with Crippen molar-refractivity contribution in [3.63, 3.8) is 0 Å². The number of hydrogen-bond acceptors (Lipinski definition) is 5. The molecule has 0 fully saturated rings. The summed E-state index contributed by atoms with van der Waals surface area (Å²) in [5.74, 6) is -0.715. The number of esters is 1. The van der Waals surface area contributed by atoms with Crippen molar-refractivity contribution >= 4 is 21.5 Å². The first-order valence-electron chi connectivity index (χ1n) is 6.12. The minimum absolute atomic E-state index is 0.0203. The number of hydrogen-bond donors (Lipinski definition) is 1. The van der Waals surface area contributed by atoms with Gasteiger partial charge in [0.1, 0.15) is 0 Å². The third-order valence-electron chi connectivity index (χ3n) is 3.04. The molecule has 0 unspecified atom stereocenters. The second-order valence-electron chi connectivity index (χ2n) is 4.57. The second kappa shape index (κ2) is 5.57. The van der Waals surface area contributed by atoms with E-state index in [1.807, 2.05) is 30.3 Å². The van der Waals surface area contributed by atoms with Crippen LogP contribution in [0.1, 0.15) is 10.4 Å². The van der Waals surface area contributed by atoms with Gasteiger partial charge in [-0.25, -0.2) is 13.2 Å². The minimum atomic E-state index is -3.59. The second-order valence-corrected chi connectivity index (χ2v) is 6.55. The molecule has 6 heteroatoms. The average molecular weight is 305 g/mol. The molecule has 0 atom stereocenters. The van der Waals surface area contributed by atoms with Crippen LogP contribution in [0.3, 0.4) is 0 Å². The van der Waals surface area contributed by atoms with Crippen LogP contribution in [0, 0.1) is 0 Å². The summed E-state index contributed by atoms with van der Waals surface area (Å²) in [5.41, 5.74) is 7.59. The van der Waals surface area contributed by atoms with E-state index in [0.717, 1.165) is 11.8 Å². The van der Waals surface area contributed by atoms with Gasteiger partial charge in [-0.05, 0) is 17.7 Å². The zero-order valence-corrected chi connectivity index (χ0v) is 12.5. The maximum absolute atomic E-state index is 11.8. The summed E-state index contributed by atoms with van der Waals surface area (Å²) in [7, 11) is -2.39. The fourth-order valence-corrected chi connectivity index (χ4v) is 2.92. The first-order valence-corrected chi connectivity index (χ1v) is 8.01. The molecule has 0 amide bonds. The summed E-state index contributed by atoms with van der Waals surface area (Å²) in [5, 5.41) is 0. The van der Waals surface area contributed by atoms with Crippen LogP contribution in [0.5, 0.6) is 0 Å². The monoisotopic (exact) mass is 305 g/mol. The van der Waals surface area contributed by atoms with Crippen LogP contribution in [-0.4, -0.2) is 27.8 Å². The van der Waals surface area contributed by atoms with E-state index in [-0.39, 0.29) is 16.1 Å². The third kappa shape index (κ3) is 3.05. The molecule has 0 saturated carbocycles. The van der Waals surface area contributed by atoms with Gasteiger partial charge in [0.2, 0.25) is 0 Å². The summed E-state index contributed by atoms with van der Waals surface area (Å²) >= 11 is 0. The summed E-state index contributed by atoms with van der Waals surface area (Å²) in [6.07, 6.45) is 1.02. The fraction of sp³-hybridized carbons (Fsp3) is 0.133. The number of anilines is 1. The molecular weight excluding hydrogens is 290 g/mol. The highest BCUT2D eigenvalue weighted by molar-refractivity contribution is 7.90. The first-order chi connectivity index (χ1) is 9.84. The van der Waals surface area contributed by atoms with Gasteiger partial charge in [-0.2, -0.15) is 0 Å². The molecule has 21 heavy (non-hydrogen) atoms. The van der Waals surface area contributed by atoms with Gasteiger partial charge in [0.25, 0.3) is 0 Å². The molecule has 2 aromatic rings. The molecule has 0 aliphatic carbocycles. The van der Waals surface area contributed by atoms with Gasteiger partial charge >= 0.3 is 5.97 Å². The Labute approximate surface area is 123 Å². The van der Waals surface area contributed by atoms with Crippen molar-refractivity contribution in [1.29, 1.82) is 0 Å². The number of nitrogen functional groups attached to an aromatic ring is 1. The van der Waals surface area contributed by atoms with E-state index in [4.69, 9.17) is 5.73 Å². The average Bonchev–Trinajstić information content (AvgIpc) is 2.46. The highest BCUT2D eigenvalue weighted by atomic mass is 32.2. The zero-order valence-electron chi connectivity index (χ0n) is 11.7. The van der Waals surface area contributed by atoms with Crippen LogP contribution in [0.2, 0.25) is 0 Å². The van der Waals surface area contributed by atoms with Crippen LogP contribution < -0.4 is 5.73 Å². The number of methoxy groups -OCH3 is 1. The molecule has 0 aliphatic rings.